The Labute approximate surface area is 161 Å². The number of aromatic nitrogens is 1. The van der Waals surface area contributed by atoms with Crippen LogP contribution in [0.15, 0.2) is 46.5 Å². The van der Waals surface area contributed by atoms with Gasteiger partial charge in [0.15, 0.2) is 0 Å². The van der Waals surface area contributed by atoms with Gasteiger partial charge < -0.3 is 5.32 Å². The maximum atomic E-state index is 12.5. The van der Waals surface area contributed by atoms with Crippen molar-refractivity contribution >= 4 is 34.3 Å². The summed E-state index contributed by atoms with van der Waals surface area (Å²) in [6, 6.07) is 10.2. The van der Waals surface area contributed by atoms with Gasteiger partial charge in [0, 0.05) is 28.6 Å². The third-order valence-electron chi connectivity index (χ3n) is 4.55. The number of thiophene rings is 1. The molecule has 0 saturated carbocycles. The molecule has 3 heterocycles. The van der Waals surface area contributed by atoms with Crippen LogP contribution in [0.3, 0.4) is 0 Å². The first-order chi connectivity index (χ1) is 12.8. The van der Waals surface area contributed by atoms with E-state index < -0.39 is 0 Å². The van der Waals surface area contributed by atoms with Gasteiger partial charge in [0.25, 0.3) is 0 Å². The SMILES string of the molecule is O=C(Cc1csc(-c2ccsc2)n1)Nc1ccccc1CN1CCCC1. The smallest absolute Gasteiger partial charge is 0.230 e. The van der Waals surface area contributed by atoms with Crippen molar-refractivity contribution in [2.75, 3.05) is 18.4 Å². The van der Waals surface area contributed by atoms with E-state index in [0.717, 1.165) is 41.6 Å². The Hall–Kier alpha value is -2.02. The minimum absolute atomic E-state index is 0.0129. The van der Waals surface area contributed by atoms with E-state index in [9.17, 15) is 4.79 Å². The molecule has 0 unspecified atom stereocenters. The molecule has 1 fully saturated rings. The molecule has 1 N–H and O–H groups in total. The molecule has 6 heteroatoms. The number of carbonyl (C=O) groups excluding carboxylic acids is 1. The second-order valence-corrected chi connectivity index (χ2v) is 8.16. The molecule has 4 rings (SSSR count). The molecule has 1 saturated heterocycles. The number of carbonyl (C=O) groups is 1. The molecule has 2 aromatic heterocycles. The van der Waals surface area contributed by atoms with E-state index in [2.05, 4.69) is 32.7 Å². The van der Waals surface area contributed by atoms with Gasteiger partial charge in [-0.1, -0.05) is 18.2 Å². The van der Waals surface area contributed by atoms with Gasteiger partial charge in [-0.25, -0.2) is 4.98 Å². The van der Waals surface area contributed by atoms with Crippen LogP contribution in [0, 0.1) is 0 Å². The molecule has 0 spiro atoms. The Morgan fingerprint density at radius 2 is 2.00 bits per heavy atom. The Bertz CT molecular complexity index is 867. The van der Waals surface area contributed by atoms with Crippen LogP contribution in [0.4, 0.5) is 5.69 Å². The van der Waals surface area contributed by atoms with E-state index in [0.29, 0.717) is 6.42 Å². The Balaban J connectivity index is 1.40. The lowest BCUT2D eigenvalue weighted by atomic mass is 10.1. The first kappa shape index (κ1) is 17.4. The number of rotatable bonds is 6. The lowest BCUT2D eigenvalue weighted by Crippen LogP contribution is -2.21. The highest BCUT2D eigenvalue weighted by Gasteiger charge is 2.15. The van der Waals surface area contributed by atoms with E-state index in [1.54, 1.807) is 22.7 Å². The van der Waals surface area contributed by atoms with Crippen molar-refractivity contribution < 1.29 is 4.79 Å². The number of amides is 1. The van der Waals surface area contributed by atoms with Crippen molar-refractivity contribution in [3.05, 3.63) is 57.7 Å². The number of para-hydroxylation sites is 1. The molecule has 4 nitrogen and oxygen atoms in total. The van der Waals surface area contributed by atoms with Gasteiger partial charge in [-0.2, -0.15) is 11.3 Å². The average molecular weight is 384 g/mol. The van der Waals surface area contributed by atoms with Crippen molar-refractivity contribution in [2.45, 2.75) is 25.8 Å². The summed E-state index contributed by atoms with van der Waals surface area (Å²) in [6.07, 6.45) is 2.84. The number of nitrogens with zero attached hydrogens (tertiary/aromatic N) is 2. The van der Waals surface area contributed by atoms with Crippen molar-refractivity contribution in [1.29, 1.82) is 0 Å². The molecule has 0 atom stereocenters. The summed E-state index contributed by atoms with van der Waals surface area (Å²) in [5.41, 5.74) is 4.05. The summed E-state index contributed by atoms with van der Waals surface area (Å²) in [5.74, 6) is -0.0129. The molecule has 1 aromatic carbocycles. The Kier molecular flexibility index (Phi) is 5.43. The van der Waals surface area contributed by atoms with E-state index in [-0.39, 0.29) is 5.91 Å². The number of likely N-dealkylation sites (tertiary alicyclic amines) is 1. The summed E-state index contributed by atoms with van der Waals surface area (Å²) in [6.45, 7) is 3.19. The minimum Gasteiger partial charge on any atom is -0.325 e. The second-order valence-electron chi connectivity index (χ2n) is 6.52. The minimum atomic E-state index is -0.0129. The highest BCUT2D eigenvalue weighted by Crippen LogP contribution is 2.26. The molecule has 1 aliphatic heterocycles. The number of thiazole rings is 1. The van der Waals surface area contributed by atoms with Crippen LogP contribution in [0.25, 0.3) is 10.6 Å². The van der Waals surface area contributed by atoms with Crippen LogP contribution < -0.4 is 5.32 Å². The maximum Gasteiger partial charge on any atom is 0.230 e. The number of anilines is 1. The standard InChI is InChI=1S/C20H21N3OS2/c24-19(11-17-14-26-20(21-17)16-7-10-25-13-16)22-18-6-2-1-5-15(18)12-23-8-3-4-9-23/h1-2,5-7,10,13-14H,3-4,8-9,11-12H2,(H,22,24). The van der Waals surface area contributed by atoms with Crippen molar-refractivity contribution in [3.63, 3.8) is 0 Å². The topological polar surface area (TPSA) is 45.2 Å². The van der Waals surface area contributed by atoms with E-state index in [1.807, 2.05) is 29.0 Å². The summed E-state index contributed by atoms with van der Waals surface area (Å²) >= 11 is 3.25. The van der Waals surface area contributed by atoms with Gasteiger partial charge in [-0.05, 0) is 49.0 Å². The molecule has 1 aliphatic rings. The van der Waals surface area contributed by atoms with Gasteiger partial charge in [0.05, 0.1) is 12.1 Å². The van der Waals surface area contributed by atoms with Crippen molar-refractivity contribution in [1.82, 2.24) is 9.88 Å². The van der Waals surface area contributed by atoms with Gasteiger partial charge in [-0.3, -0.25) is 9.69 Å². The first-order valence-electron chi connectivity index (χ1n) is 8.85. The molecular weight excluding hydrogens is 362 g/mol. The zero-order valence-electron chi connectivity index (χ0n) is 14.5. The summed E-state index contributed by atoms with van der Waals surface area (Å²) in [7, 11) is 0. The van der Waals surface area contributed by atoms with E-state index in [1.165, 1.54) is 18.4 Å². The summed E-state index contributed by atoms with van der Waals surface area (Å²) < 4.78 is 0. The fourth-order valence-electron chi connectivity index (χ4n) is 3.23. The van der Waals surface area contributed by atoms with Crippen LogP contribution >= 0.6 is 22.7 Å². The predicted molar refractivity (Wildman–Crippen MR) is 109 cm³/mol. The highest BCUT2D eigenvalue weighted by atomic mass is 32.1. The third kappa shape index (κ3) is 4.20. The van der Waals surface area contributed by atoms with Crippen molar-refractivity contribution in [2.24, 2.45) is 0 Å². The van der Waals surface area contributed by atoms with Gasteiger partial charge in [0.1, 0.15) is 5.01 Å². The van der Waals surface area contributed by atoms with Gasteiger partial charge in [0.2, 0.25) is 5.91 Å². The largest absolute Gasteiger partial charge is 0.325 e. The monoisotopic (exact) mass is 383 g/mol. The summed E-state index contributed by atoms with van der Waals surface area (Å²) in [4.78, 5) is 19.5. The number of benzene rings is 1. The third-order valence-corrected chi connectivity index (χ3v) is 6.17. The normalized spacial score (nSPS) is 14.6. The molecule has 0 bridgehead atoms. The van der Waals surface area contributed by atoms with Crippen LogP contribution in [0.5, 0.6) is 0 Å². The highest BCUT2D eigenvalue weighted by molar-refractivity contribution is 7.14. The van der Waals surface area contributed by atoms with Crippen LogP contribution in [0.1, 0.15) is 24.1 Å². The molecule has 0 aliphatic carbocycles. The Morgan fingerprint density at radius 3 is 2.81 bits per heavy atom. The molecule has 1 amide bonds. The number of hydrogen-bond donors (Lipinski definition) is 1. The van der Waals surface area contributed by atoms with Gasteiger partial charge in [-0.15, -0.1) is 11.3 Å². The van der Waals surface area contributed by atoms with Crippen LogP contribution in [-0.2, 0) is 17.8 Å². The zero-order valence-corrected chi connectivity index (χ0v) is 16.1. The second kappa shape index (κ2) is 8.12. The van der Waals surface area contributed by atoms with Crippen molar-refractivity contribution in [3.8, 4) is 10.6 Å². The number of nitrogens with one attached hydrogen (secondary N) is 1. The van der Waals surface area contributed by atoms with Crippen LogP contribution in [0.2, 0.25) is 0 Å². The Morgan fingerprint density at radius 1 is 1.15 bits per heavy atom. The lowest BCUT2D eigenvalue weighted by Gasteiger charge is -2.17. The van der Waals surface area contributed by atoms with Gasteiger partial charge >= 0.3 is 0 Å². The average Bonchev–Trinajstić information content (AvgIpc) is 3.38. The molecule has 134 valence electrons. The zero-order chi connectivity index (χ0) is 17.8. The molecule has 0 radical (unpaired) electrons. The maximum absolute atomic E-state index is 12.5. The fraction of sp³-hybridized carbons (Fsp3) is 0.300. The lowest BCUT2D eigenvalue weighted by molar-refractivity contribution is -0.115. The van der Waals surface area contributed by atoms with Crippen LogP contribution in [-0.4, -0.2) is 28.9 Å². The first-order valence-corrected chi connectivity index (χ1v) is 10.7. The summed E-state index contributed by atoms with van der Waals surface area (Å²) in [5, 5.41) is 10.2. The quantitative estimate of drug-likeness (QED) is 0.674. The van der Waals surface area contributed by atoms with E-state index >= 15 is 0 Å². The predicted octanol–water partition coefficient (Wildman–Crippen LogP) is 4.65. The van der Waals surface area contributed by atoms with E-state index in [4.69, 9.17) is 0 Å². The molecular formula is C20H21N3OS2. The molecule has 26 heavy (non-hydrogen) atoms. The molecule has 3 aromatic rings. The number of hydrogen-bond acceptors (Lipinski definition) is 5. The fourth-order valence-corrected chi connectivity index (χ4v) is 4.76.